The minimum Gasteiger partial charge on any atom is -0.344 e. The van der Waals surface area contributed by atoms with Gasteiger partial charge in [0.05, 0.1) is 26.9 Å². The standard InChI is InChI=1S/C12H6F2N4O6/c13-8-2-1-6(3-9(8)14)15-12-10(17(21)22)4-7(16(19)20)5-11(12)18(23)24/h1-5,15H. The van der Waals surface area contributed by atoms with E-state index in [-0.39, 0.29) is 5.69 Å². The predicted octanol–water partition coefficient (Wildman–Crippen LogP) is 3.43. The Morgan fingerprint density at radius 1 is 0.792 bits per heavy atom. The highest BCUT2D eigenvalue weighted by atomic mass is 19.2. The number of hydrogen-bond donors (Lipinski definition) is 1. The smallest absolute Gasteiger partial charge is 0.306 e. The number of nitro benzene ring substituents is 3. The summed E-state index contributed by atoms with van der Waals surface area (Å²) in [7, 11) is 0. The Kier molecular flexibility index (Phi) is 4.30. The maximum absolute atomic E-state index is 13.2. The largest absolute Gasteiger partial charge is 0.344 e. The summed E-state index contributed by atoms with van der Waals surface area (Å²) in [6.07, 6.45) is 0. The molecule has 0 aromatic heterocycles. The van der Waals surface area contributed by atoms with Gasteiger partial charge in [0, 0.05) is 11.8 Å². The van der Waals surface area contributed by atoms with Crippen molar-refractivity contribution in [2.45, 2.75) is 0 Å². The Labute approximate surface area is 130 Å². The van der Waals surface area contributed by atoms with Crippen molar-refractivity contribution in [1.82, 2.24) is 0 Å². The number of nitro groups is 3. The van der Waals surface area contributed by atoms with Crippen molar-refractivity contribution in [3.8, 4) is 0 Å². The summed E-state index contributed by atoms with van der Waals surface area (Å²) >= 11 is 0. The molecule has 10 nitrogen and oxygen atoms in total. The molecular formula is C12H6F2N4O6. The lowest BCUT2D eigenvalue weighted by atomic mass is 10.2. The molecule has 24 heavy (non-hydrogen) atoms. The predicted molar refractivity (Wildman–Crippen MR) is 76.0 cm³/mol. The SMILES string of the molecule is O=[N+]([O-])c1cc([N+](=O)[O-])c(Nc2ccc(F)c(F)c2)c([N+](=O)[O-])c1. The zero-order valence-corrected chi connectivity index (χ0v) is 11.4. The molecule has 2 rings (SSSR count). The summed E-state index contributed by atoms with van der Waals surface area (Å²) in [5, 5.41) is 35.1. The number of non-ortho nitro benzene ring substituents is 1. The summed E-state index contributed by atoms with van der Waals surface area (Å²) in [6, 6.07) is 3.38. The Bertz CT molecular complexity index is 838. The van der Waals surface area contributed by atoms with Crippen LogP contribution in [-0.2, 0) is 0 Å². The van der Waals surface area contributed by atoms with Crippen molar-refractivity contribution in [2.75, 3.05) is 5.32 Å². The van der Waals surface area contributed by atoms with Crippen LogP contribution in [-0.4, -0.2) is 14.8 Å². The van der Waals surface area contributed by atoms with E-state index in [1.54, 1.807) is 0 Å². The van der Waals surface area contributed by atoms with Gasteiger partial charge in [0.25, 0.3) is 5.69 Å². The fourth-order valence-corrected chi connectivity index (χ4v) is 1.84. The number of nitrogens with one attached hydrogen (secondary N) is 1. The highest BCUT2D eigenvalue weighted by Gasteiger charge is 2.30. The number of hydrogen-bond acceptors (Lipinski definition) is 7. The highest BCUT2D eigenvalue weighted by molar-refractivity contribution is 5.81. The van der Waals surface area contributed by atoms with Crippen LogP contribution in [0.15, 0.2) is 30.3 Å². The van der Waals surface area contributed by atoms with E-state index in [2.05, 4.69) is 5.32 Å². The average Bonchev–Trinajstić information content (AvgIpc) is 2.50. The molecule has 0 saturated carbocycles. The number of anilines is 2. The van der Waals surface area contributed by atoms with Crippen molar-refractivity contribution in [1.29, 1.82) is 0 Å². The topological polar surface area (TPSA) is 141 Å². The first kappa shape index (κ1) is 16.7. The number of nitrogens with zero attached hydrogens (tertiary/aromatic N) is 3. The lowest BCUT2D eigenvalue weighted by molar-refractivity contribution is -0.401. The summed E-state index contributed by atoms with van der Waals surface area (Å²) < 4.78 is 26.1. The van der Waals surface area contributed by atoms with E-state index < -0.39 is 49.2 Å². The zero-order valence-electron chi connectivity index (χ0n) is 11.4. The van der Waals surface area contributed by atoms with Gasteiger partial charge in [-0.2, -0.15) is 0 Å². The van der Waals surface area contributed by atoms with Gasteiger partial charge in [-0.15, -0.1) is 0 Å². The Balaban J connectivity index is 2.65. The molecule has 0 heterocycles. The number of halogens is 2. The van der Waals surface area contributed by atoms with Crippen LogP contribution in [0.5, 0.6) is 0 Å². The maximum atomic E-state index is 13.2. The Morgan fingerprint density at radius 2 is 1.33 bits per heavy atom. The monoisotopic (exact) mass is 340 g/mol. The van der Waals surface area contributed by atoms with E-state index >= 15 is 0 Å². The van der Waals surface area contributed by atoms with E-state index in [0.29, 0.717) is 24.3 Å². The normalized spacial score (nSPS) is 10.2. The first-order chi connectivity index (χ1) is 11.2. The van der Waals surface area contributed by atoms with Gasteiger partial charge in [-0.05, 0) is 12.1 Å². The Hall–Kier alpha value is -3.70. The molecule has 0 amide bonds. The molecule has 0 spiro atoms. The highest BCUT2D eigenvalue weighted by Crippen LogP contribution is 2.40. The third-order valence-corrected chi connectivity index (χ3v) is 2.87. The molecular weight excluding hydrogens is 334 g/mol. The van der Waals surface area contributed by atoms with Crippen LogP contribution in [0.4, 0.5) is 37.2 Å². The molecule has 0 fully saturated rings. The average molecular weight is 340 g/mol. The van der Waals surface area contributed by atoms with Crippen LogP contribution in [0.25, 0.3) is 0 Å². The summed E-state index contributed by atoms with van der Waals surface area (Å²) in [5.74, 6) is -2.47. The van der Waals surface area contributed by atoms with Crippen LogP contribution < -0.4 is 5.32 Å². The van der Waals surface area contributed by atoms with Gasteiger partial charge in [-0.3, -0.25) is 30.3 Å². The van der Waals surface area contributed by atoms with Crippen molar-refractivity contribution >= 4 is 28.4 Å². The van der Waals surface area contributed by atoms with E-state index in [9.17, 15) is 39.1 Å². The fraction of sp³-hybridized carbons (Fsp3) is 0. The molecule has 0 aliphatic carbocycles. The first-order valence-electron chi connectivity index (χ1n) is 6.04. The van der Waals surface area contributed by atoms with Crippen LogP contribution >= 0.6 is 0 Å². The summed E-state index contributed by atoms with van der Waals surface area (Å²) in [6.45, 7) is 0. The minimum atomic E-state index is -1.28. The third-order valence-electron chi connectivity index (χ3n) is 2.87. The quantitative estimate of drug-likeness (QED) is 0.649. The van der Waals surface area contributed by atoms with Crippen molar-refractivity contribution in [3.05, 3.63) is 72.3 Å². The lowest BCUT2D eigenvalue weighted by Crippen LogP contribution is -2.04. The van der Waals surface area contributed by atoms with Crippen LogP contribution in [0.1, 0.15) is 0 Å². The first-order valence-corrected chi connectivity index (χ1v) is 6.04. The van der Waals surface area contributed by atoms with Gasteiger partial charge >= 0.3 is 11.4 Å². The second-order valence-corrected chi connectivity index (χ2v) is 4.38. The molecule has 0 bridgehead atoms. The van der Waals surface area contributed by atoms with Gasteiger partial charge in [-0.25, -0.2) is 8.78 Å². The lowest BCUT2D eigenvalue weighted by Gasteiger charge is -2.08. The Morgan fingerprint density at radius 3 is 1.75 bits per heavy atom. The van der Waals surface area contributed by atoms with Crippen LogP contribution in [0, 0.1) is 42.0 Å². The van der Waals surface area contributed by atoms with Crippen molar-refractivity contribution in [2.24, 2.45) is 0 Å². The molecule has 0 aliphatic heterocycles. The third kappa shape index (κ3) is 3.21. The molecule has 0 radical (unpaired) electrons. The van der Waals surface area contributed by atoms with E-state index in [1.165, 1.54) is 0 Å². The minimum absolute atomic E-state index is 0.214. The molecule has 2 aromatic carbocycles. The summed E-state index contributed by atoms with van der Waals surface area (Å²) in [5.41, 5.74) is -3.68. The molecule has 12 heteroatoms. The maximum Gasteiger partial charge on any atom is 0.306 e. The van der Waals surface area contributed by atoms with Gasteiger partial charge < -0.3 is 5.32 Å². The van der Waals surface area contributed by atoms with Crippen LogP contribution in [0.2, 0.25) is 0 Å². The second kappa shape index (κ2) is 6.20. The second-order valence-electron chi connectivity index (χ2n) is 4.38. The van der Waals surface area contributed by atoms with Crippen molar-refractivity contribution in [3.63, 3.8) is 0 Å². The van der Waals surface area contributed by atoms with E-state index in [4.69, 9.17) is 0 Å². The molecule has 1 N–H and O–H groups in total. The molecule has 2 aromatic rings. The zero-order chi connectivity index (χ0) is 18.0. The van der Waals surface area contributed by atoms with Crippen molar-refractivity contribution < 1.29 is 23.6 Å². The number of rotatable bonds is 5. The molecule has 0 atom stereocenters. The van der Waals surface area contributed by atoms with E-state index in [0.717, 1.165) is 6.07 Å². The molecule has 0 aliphatic rings. The van der Waals surface area contributed by atoms with Gasteiger partial charge in [0.2, 0.25) is 0 Å². The fourth-order valence-electron chi connectivity index (χ4n) is 1.84. The number of benzene rings is 2. The molecule has 0 unspecified atom stereocenters. The van der Waals surface area contributed by atoms with Crippen LogP contribution in [0.3, 0.4) is 0 Å². The van der Waals surface area contributed by atoms with E-state index in [1.807, 2.05) is 0 Å². The molecule has 124 valence electrons. The van der Waals surface area contributed by atoms with Gasteiger partial charge in [0.1, 0.15) is 0 Å². The summed E-state index contributed by atoms with van der Waals surface area (Å²) in [4.78, 5) is 29.7. The van der Waals surface area contributed by atoms with Gasteiger partial charge in [-0.1, -0.05) is 0 Å². The molecule has 0 saturated heterocycles. The van der Waals surface area contributed by atoms with Gasteiger partial charge in [0.15, 0.2) is 17.3 Å².